The van der Waals surface area contributed by atoms with Crippen molar-refractivity contribution in [3.63, 3.8) is 0 Å². The van der Waals surface area contributed by atoms with E-state index in [9.17, 15) is 4.79 Å². The molecule has 7 nitrogen and oxygen atoms in total. The van der Waals surface area contributed by atoms with E-state index < -0.39 is 23.4 Å². The third-order valence-corrected chi connectivity index (χ3v) is 5.40. The Morgan fingerprint density at radius 2 is 1.83 bits per heavy atom. The third-order valence-electron chi connectivity index (χ3n) is 4.99. The Hall–Kier alpha value is -2.93. The number of hydrogen-bond acceptors (Lipinski definition) is 4. The summed E-state index contributed by atoms with van der Waals surface area (Å²) in [6.07, 6.45) is 3.44. The molecule has 0 spiro atoms. The highest BCUT2D eigenvalue weighted by molar-refractivity contribution is 7.14. The van der Waals surface area contributed by atoms with Crippen LogP contribution in [-0.2, 0) is 6.54 Å². The summed E-state index contributed by atoms with van der Waals surface area (Å²) in [6, 6.07) is 2.42. The largest absolute Gasteiger partial charge is 0.493 e. The van der Waals surface area contributed by atoms with Gasteiger partial charge in [-0.15, -0.1) is 0 Å². The SMILES string of the molecule is CCN1C(=O)N(c2c(F)c(OC)cc(OC)c2F)Cc2cnc3c(ccn3P)c21. The second-order valence-electron chi connectivity index (χ2n) is 6.46. The van der Waals surface area contributed by atoms with Gasteiger partial charge in [0.2, 0.25) is 0 Å². The number of benzene rings is 1. The van der Waals surface area contributed by atoms with E-state index in [0.717, 1.165) is 16.4 Å². The average Bonchev–Trinajstić information content (AvgIpc) is 3.10. The minimum absolute atomic E-state index is 0.0419. The molecule has 1 aliphatic heterocycles. The molecule has 1 atom stereocenters. The molecule has 2 amide bonds. The first kappa shape index (κ1) is 19.4. The fraction of sp³-hybridized carbons (Fsp3) is 0.263. The lowest BCUT2D eigenvalue weighted by molar-refractivity contribution is 0.249. The zero-order chi connectivity index (χ0) is 20.9. The monoisotopic (exact) mass is 420 g/mol. The van der Waals surface area contributed by atoms with Gasteiger partial charge in [-0.2, -0.15) is 0 Å². The summed E-state index contributed by atoms with van der Waals surface area (Å²) in [6.45, 7) is 2.07. The number of rotatable bonds is 4. The Morgan fingerprint density at radius 1 is 1.17 bits per heavy atom. The summed E-state index contributed by atoms with van der Waals surface area (Å²) in [4.78, 5) is 20.2. The van der Waals surface area contributed by atoms with Crippen molar-refractivity contribution in [1.29, 1.82) is 0 Å². The maximum absolute atomic E-state index is 15.0. The van der Waals surface area contributed by atoms with Crippen LogP contribution in [-0.4, -0.2) is 36.1 Å². The van der Waals surface area contributed by atoms with Gasteiger partial charge in [-0.25, -0.2) is 18.6 Å². The van der Waals surface area contributed by atoms with Crippen LogP contribution in [0, 0.1) is 11.6 Å². The molecule has 0 bridgehead atoms. The molecule has 0 N–H and O–H groups in total. The lowest BCUT2D eigenvalue weighted by atomic mass is 10.1. The van der Waals surface area contributed by atoms with E-state index in [2.05, 4.69) is 14.4 Å². The molecule has 2 aromatic heterocycles. The van der Waals surface area contributed by atoms with Gasteiger partial charge >= 0.3 is 6.03 Å². The topological polar surface area (TPSA) is 59.8 Å². The second kappa shape index (κ2) is 7.15. The van der Waals surface area contributed by atoms with Crippen molar-refractivity contribution in [3.05, 3.63) is 41.7 Å². The zero-order valence-electron chi connectivity index (χ0n) is 16.1. The van der Waals surface area contributed by atoms with Crippen LogP contribution in [0.3, 0.4) is 0 Å². The number of nitrogens with zero attached hydrogens (tertiary/aromatic N) is 4. The van der Waals surface area contributed by atoms with E-state index in [4.69, 9.17) is 9.47 Å². The first-order chi connectivity index (χ1) is 13.9. The van der Waals surface area contributed by atoms with Gasteiger partial charge in [0.15, 0.2) is 23.1 Å². The lowest BCUT2D eigenvalue weighted by Crippen LogP contribution is -2.48. The van der Waals surface area contributed by atoms with Crippen LogP contribution in [0.15, 0.2) is 24.5 Å². The van der Waals surface area contributed by atoms with Gasteiger partial charge in [-0.1, -0.05) is 0 Å². The summed E-state index contributed by atoms with van der Waals surface area (Å²) < 4.78 is 41.8. The van der Waals surface area contributed by atoms with E-state index in [-0.39, 0.29) is 18.0 Å². The molecule has 1 aromatic carbocycles. The molecule has 0 fully saturated rings. The number of pyridine rings is 1. The number of carbonyl (C=O) groups excluding carboxylic acids is 1. The van der Waals surface area contributed by atoms with Gasteiger partial charge in [0.1, 0.15) is 11.3 Å². The fourth-order valence-corrected chi connectivity index (χ4v) is 3.92. The van der Waals surface area contributed by atoms with Crippen LogP contribution in [0.4, 0.5) is 25.0 Å². The highest BCUT2D eigenvalue weighted by atomic mass is 31.0. The normalized spacial score (nSPS) is 13.8. The Bertz CT molecular complexity index is 1110. The van der Waals surface area contributed by atoms with Crippen molar-refractivity contribution in [2.24, 2.45) is 0 Å². The molecule has 29 heavy (non-hydrogen) atoms. The molecule has 0 aliphatic carbocycles. The Kier molecular flexibility index (Phi) is 4.78. The molecule has 0 radical (unpaired) electrons. The highest BCUT2D eigenvalue weighted by Gasteiger charge is 2.37. The number of carbonyl (C=O) groups is 1. The first-order valence-electron chi connectivity index (χ1n) is 8.85. The lowest BCUT2D eigenvalue weighted by Gasteiger charge is -2.37. The van der Waals surface area contributed by atoms with Gasteiger partial charge in [0, 0.05) is 36.0 Å². The van der Waals surface area contributed by atoms with Crippen molar-refractivity contribution < 1.29 is 23.0 Å². The fourth-order valence-electron chi connectivity index (χ4n) is 3.62. The van der Waals surface area contributed by atoms with Crippen molar-refractivity contribution >= 4 is 37.8 Å². The molecule has 10 heteroatoms. The van der Waals surface area contributed by atoms with Gasteiger partial charge < -0.3 is 13.8 Å². The standard InChI is InChI=1S/C19H19F2N4O3P/c1-4-23-16-10(8-22-18-11(16)5-6-25(18)29)9-24(19(23)26)17-14(20)12(27-2)7-13(28-3)15(17)21/h5-8H,4,9,29H2,1-3H3. The van der Waals surface area contributed by atoms with Crippen LogP contribution in [0.5, 0.6) is 11.5 Å². The smallest absolute Gasteiger partial charge is 0.329 e. The summed E-state index contributed by atoms with van der Waals surface area (Å²) >= 11 is 0. The first-order valence-corrected chi connectivity index (χ1v) is 9.37. The molecule has 0 saturated heterocycles. The predicted octanol–water partition coefficient (Wildman–Crippen LogP) is 3.94. The third kappa shape index (κ3) is 2.80. The van der Waals surface area contributed by atoms with E-state index in [1.165, 1.54) is 19.1 Å². The summed E-state index contributed by atoms with van der Waals surface area (Å²) in [7, 11) is 5.06. The van der Waals surface area contributed by atoms with E-state index >= 15 is 8.78 Å². The van der Waals surface area contributed by atoms with E-state index in [1.54, 1.807) is 17.5 Å². The number of methoxy groups -OCH3 is 2. The number of anilines is 2. The maximum Gasteiger partial charge on any atom is 0.329 e. The van der Waals surface area contributed by atoms with Crippen LogP contribution in [0.1, 0.15) is 12.5 Å². The summed E-state index contributed by atoms with van der Waals surface area (Å²) in [5.74, 6) is -2.37. The van der Waals surface area contributed by atoms with Crippen molar-refractivity contribution in [3.8, 4) is 11.5 Å². The van der Waals surface area contributed by atoms with Crippen molar-refractivity contribution in [2.45, 2.75) is 13.5 Å². The summed E-state index contributed by atoms with van der Waals surface area (Å²) in [5.41, 5.74) is 1.54. The van der Waals surface area contributed by atoms with Crippen LogP contribution < -0.4 is 19.3 Å². The zero-order valence-corrected chi connectivity index (χ0v) is 17.2. The molecule has 4 rings (SSSR count). The van der Waals surface area contributed by atoms with Crippen molar-refractivity contribution in [1.82, 2.24) is 9.32 Å². The van der Waals surface area contributed by atoms with Gasteiger partial charge in [-0.05, 0) is 22.4 Å². The molecule has 1 unspecified atom stereocenters. The van der Waals surface area contributed by atoms with E-state index in [0.29, 0.717) is 23.4 Å². The number of fused-ring (bicyclic) bond motifs is 3. The second-order valence-corrected chi connectivity index (χ2v) is 7.02. The number of halogens is 2. The Labute approximate surface area is 168 Å². The molecule has 1 aliphatic rings. The highest BCUT2D eigenvalue weighted by Crippen LogP contribution is 2.42. The minimum atomic E-state index is -0.969. The quantitative estimate of drug-likeness (QED) is 0.600. The van der Waals surface area contributed by atoms with E-state index in [1.807, 2.05) is 12.3 Å². The van der Waals surface area contributed by atoms with Crippen LogP contribution in [0.25, 0.3) is 11.0 Å². The number of aromatic nitrogens is 2. The summed E-state index contributed by atoms with van der Waals surface area (Å²) in [5, 5.41) is 0.788. The molecule has 3 heterocycles. The van der Waals surface area contributed by atoms with Gasteiger partial charge in [0.05, 0.1) is 26.5 Å². The van der Waals surface area contributed by atoms with Crippen LogP contribution >= 0.6 is 9.39 Å². The number of hydrogen-bond donors (Lipinski definition) is 0. The van der Waals surface area contributed by atoms with Crippen LogP contribution in [0.2, 0.25) is 0 Å². The predicted molar refractivity (Wildman–Crippen MR) is 109 cm³/mol. The minimum Gasteiger partial charge on any atom is -0.493 e. The maximum atomic E-state index is 15.0. The number of amides is 2. The Balaban J connectivity index is 1.93. The molecule has 152 valence electrons. The number of ether oxygens (including phenoxy) is 2. The van der Waals surface area contributed by atoms with Crippen molar-refractivity contribution in [2.75, 3.05) is 30.6 Å². The van der Waals surface area contributed by atoms with Gasteiger partial charge in [0.25, 0.3) is 0 Å². The molecule has 3 aromatic rings. The number of urea groups is 1. The molecular formula is C19H19F2N4O3P. The molecular weight excluding hydrogens is 401 g/mol. The average molecular weight is 420 g/mol. The molecule has 0 saturated carbocycles. The van der Waals surface area contributed by atoms with Gasteiger partial charge in [-0.3, -0.25) is 9.80 Å². The Morgan fingerprint density at radius 3 is 2.41 bits per heavy atom.